The van der Waals surface area contributed by atoms with Gasteiger partial charge in [-0.25, -0.2) is 4.79 Å². The molecule has 1 aromatic rings. The van der Waals surface area contributed by atoms with Crippen molar-refractivity contribution in [2.24, 2.45) is 17.3 Å². The maximum atomic E-state index is 12.5. The van der Waals surface area contributed by atoms with Crippen LogP contribution in [0, 0.1) is 17.3 Å². The van der Waals surface area contributed by atoms with E-state index < -0.39 is 6.10 Å². The Bertz CT molecular complexity index is 777. The molecule has 1 aromatic carbocycles. The molecule has 0 bridgehead atoms. The highest BCUT2D eigenvalue weighted by atomic mass is 16.5. The first-order valence-electron chi connectivity index (χ1n) is 11.6. The van der Waals surface area contributed by atoms with Gasteiger partial charge in [-0.1, -0.05) is 44.1 Å². The molecule has 0 heterocycles. The molecule has 4 atom stereocenters. The van der Waals surface area contributed by atoms with Crippen molar-refractivity contribution in [1.29, 1.82) is 0 Å². The van der Waals surface area contributed by atoms with Crippen LogP contribution in [0.3, 0.4) is 0 Å². The minimum atomic E-state index is -0.652. The minimum Gasteiger partial charge on any atom is -0.465 e. The van der Waals surface area contributed by atoms with Crippen LogP contribution in [-0.2, 0) is 16.0 Å². The Hall–Kier alpha value is -1.98. The van der Waals surface area contributed by atoms with Gasteiger partial charge in [-0.05, 0) is 61.6 Å². The monoisotopic (exact) mass is 428 g/mol. The number of ether oxygens (including phenoxy) is 1. The molecule has 0 aromatic heterocycles. The summed E-state index contributed by atoms with van der Waals surface area (Å²) in [6.45, 7) is 2.16. The molecule has 2 saturated carbocycles. The molecule has 5 nitrogen and oxygen atoms in total. The number of ketones is 1. The molecule has 5 heteroatoms. The normalized spacial score (nSPS) is 26.1. The van der Waals surface area contributed by atoms with Crippen molar-refractivity contribution in [3.05, 3.63) is 47.5 Å². The van der Waals surface area contributed by atoms with E-state index in [0.717, 1.165) is 31.2 Å². The van der Waals surface area contributed by atoms with Gasteiger partial charge >= 0.3 is 5.97 Å². The van der Waals surface area contributed by atoms with Gasteiger partial charge in [0.2, 0.25) is 0 Å². The number of carbonyl (C=O) groups excluding carboxylic acids is 2. The molecule has 3 rings (SSSR count). The molecule has 170 valence electrons. The summed E-state index contributed by atoms with van der Waals surface area (Å²) in [5.41, 5.74) is 1.62. The van der Waals surface area contributed by atoms with Crippen molar-refractivity contribution >= 4 is 11.8 Å². The third-order valence-electron chi connectivity index (χ3n) is 7.37. The minimum absolute atomic E-state index is 0.0684. The van der Waals surface area contributed by atoms with Gasteiger partial charge < -0.3 is 14.9 Å². The zero-order valence-corrected chi connectivity index (χ0v) is 18.8. The molecule has 2 aliphatic carbocycles. The van der Waals surface area contributed by atoms with E-state index in [1.807, 2.05) is 24.3 Å². The van der Waals surface area contributed by atoms with Crippen LogP contribution >= 0.6 is 0 Å². The first kappa shape index (κ1) is 23.7. The molecule has 2 fully saturated rings. The van der Waals surface area contributed by atoms with Crippen LogP contribution in [0.1, 0.15) is 74.2 Å². The second kappa shape index (κ2) is 10.6. The lowest BCUT2D eigenvalue weighted by atomic mass is 9.62. The molecule has 2 aliphatic rings. The highest BCUT2D eigenvalue weighted by Crippen LogP contribution is 2.48. The molecule has 0 saturated heterocycles. The third-order valence-corrected chi connectivity index (χ3v) is 7.37. The summed E-state index contributed by atoms with van der Waals surface area (Å²) in [5, 5.41) is 21.2. The summed E-state index contributed by atoms with van der Waals surface area (Å²) in [5.74, 6) is -0.666. The second-order valence-corrected chi connectivity index (χ2v) is 9.29. The third kappa shape index (κ3) is 5.45. The summed E-state index contributed by atoms with van der Waals surface area (Å²) < 4.78 is 4.72. The summed E-state index contributed by atoms with van der Waals surface area (Å²) in [7, 11) is 1.36. The molecule has 31 heavy (non-hydrogen) atoms. The lowest BCUT2D eigenvalue weighted by Crippen LogP contribution is -2.41. The lowest BCUT2D eigenvalue weighted by molar-refractivity contribution is -0.121. The fourth-order valence-corrected chi connectivity index (χ4v) is 5.33. The Morgan fingerprint density at radius 1 is 1.29 bits per heavy atom. The van der Waals surface area contributed by atoms with Gasteiger partial charge in [0.1, 0.15) is 5.78 Å². The van der Waals surface area contributed by atoms with E-state index in [-0.39, 0.29) is 41.5 Å². The van der Waals surface area contributed by atoms with Gasteiger partial charge in [0.05, 0.1) is 24.9 Å². The Kier molecular flexibility index (Phi) is 8.06. The quantitative estimate of drug-likeness (QED) is 0.430. The van der Waals surface area contributed by atoms with Gasteiger partial charge in [-0.2, -0.15) is 0 Å². The number of rotatable bonds is 10. The summed E-state index contributed by atoms with van der Waals surface area (Å²) in [6.07, 6.45) is 10.6. The van der Waals surface area contributed by atoms with Crippen molar-refractivity contribution in [2.45, 2.75) is 76.9 Å². The molecule has 0 radical (unpaired) electrons. The van der Waals surface area contributed by atoms with E-state index in [9.17, 15) is 19.8 Å². The van der Waals surface area contributed by atoms with E-state index in [1.165, 1.54) is 13.5 Å². The van der Waals surface area contributed by atoms with Crippen molar-refractivity contribution in [3.8, 4) is 0 Å². The van der Waals surface area contributed by atoms with E-state index >= 15 is 0 Å². The number of hydrogen-bond donors (Lipinski definition) is 2. The topological polar surface area (TPSA) is 83.8 Å². The van der Waals surface area contributed by atoms with Crippen LogP contribution in [-0.4, -0.2) is 41.3 Å². The maximum Gasteiger partial charge on any atom is 0.337 e. The van der Waals surface area contributed by atoms with Crippen LogP contribution < -0.4 is 0 Å². The molecule has 2 unspecified atom stereocenters. The predicted octanol–water partition coefficient (Wildman–Crippen LogP) is 4.25. The maximum absolute atomic E-state index is 12.5. The average molecular weight is 429 g/mol. The first-order valence-corrected chi connectivity index (χ1v) is 11.6. The van der Waals surface area contributed by atoms with Gasteiger partial charge in [-0.3, -0.25) is 4.79 Å². The number of methoxy groups -OCH3 is 1. The number of benzene rings is 1. The van der Waals surface area contributed by atoms with Crippen LogP contribution in [0.2, 0.25) is 0 Å². The number of aliphatic hydroxyl groups excluding tert-OH is 2. The zero-order chi connectivity index (χ0) is 22.4. The van der Waals surface area contributed by atoms with Gasteiger partial charge in [0.15, 0.2) is 0 Å². The lowest BCUT2D eigenvalue weighted by Gasteiger charge is -2.45. The molecule has 0 spiro atoms. The average Bonchev–Trinajstić information content (AvgIpc) is 3.01. The molecular formula is C26H36O5. The summed E-state index contributed by atoms with van der Waals surface area (Å²) >= 11 is 0. The van der Waals surface area contributed by atoms with Crippen molar-refractivity contribution in [1.82, 2.24) is 0 Å². The molecule has 0 aliphatic heterocycles. The summed E-state index contributed by atoms with van der Waals surface area (Å²) in [4.78, 5) is 24.1. The standard InChI is InChI=1S/C26H36O5/c1-3-14-26(15-5-16-26)24(29)7-4-6-20-21(23(28)17-22(20)27)13-10-18-8-11-19(12-9-18)25(30)31-2/h4,6,8-9,11-12,20-22,24,27,29H,3,5,7,10,13-17H2,1-2H3/b6-4+/t20-,21-,22?,24?/m1/s1. The number of aliphatic hydroxyl groups is 2. The van der Waals surface area contributed by atoms with Gasteiger partial charge in [-0.15, -0.1) is 0 Å². The van der Waals surface area contributed by atoms with Crippen LogP contribution in [0.4, 0.5) is 0 Å². The van der Waals surface area contributed by atoms with Crippen LogP contribution in [0.5, 0.6) is 0 Å². The van der Waals surface area contributed by atoms with Crippen molar-refractivity contribution in [2.75, 3.05) is 7.11 Å². The SMILES string of the molecule is CCCC1(C(O)C/C=C/[C@H]2C(O)CC(=O)[C@@H]2CCc2ccc(C(=O)OC)cc2)CCC1. The summed E-state index contributed by atoms with van der Waals surface area (Å²) in [6, 6.07) is 7.24. The number of carbonyl (C=O) groups is 2. The first-order chi connectivity index (χ1) is 14.9. The number of Topliss-reactive ketones (excluding diaryl/α,β-unsaturated/α-hetero) is 1. The van der Waals surface area contributed by atoms with E-state index in [0.29, 0.717) is 24.8 Å². The fourth-order valence-electron chi connectivity index (χ4n) is 5.33. The number of esters is 1. The predicted molar refractivity (Wildman–Crippen MR) is 120 cm³/mol. The highest BCUT2D eigenvalue weighted by Gasteiger charge is 2.42. The smallest absolute Gasteiger partial charge is 0.337 e. The molecule has 2 N–H and O–H groups in total. The van der Waals surface area contributed by atoms with Crippen LogP contribution in [0.15, 0.2) is 36.4 Å². The fraction of sp³-hybridized carbons (Fsp3) is 0.615. The Balaban J connectivity index is 1.57. The Morgan fingerprint density at radius 2 is 2.00 bits per heavy atom. The van der Waals surface area contributed by atoms with E-state index in [4.69, 9.17) is 4.74 Å². The molecule has 0 amide bonds. The van der Waals surface area contributed by atoms with Gasteiger partial charge in [0, 0.05) is 18.3 Å². The van der Waals surface area contributed by atoms with Crippen molar-refractivity contribution < 1.29 is 24.5 Å². The van der Waals surface area contributed by atoms with Crippen molar-refractivity contribution in [3.63, 3.8) is 0 Å². The number of hydrogen-bond acceptors (Lipinski definition) is 5. The van der Waals surface area contributed by atoms with Gasteiger partial charge in [0.25, 0.3) is 0 Å². The molecular weight excluding hydrogens is 392 g/mol. The van der Waals surface area contributed by atoms with Crippen LogP contribution in [0.25, 0.3) is 0 Å². The van der Waals surface area contributed by atoms with E-state index in [2.05, 4.69) is 6.92 Å². The number of aryl methyl sites for hydroxylation is 1. The Labute approximate surface area is 185 Å². The second-order valence-electron chi connectivity index (χ2n) is 9.29. The highest BCUT2D eigenvalue weighted by molar-refractivity contribution is 5.89. The van der Waals surface area contributed by atoms with E-state index in [1.54, 1.807) is 12.1 Å². The zero-order valence-electron chi connectivity index (χ0n) is 18.8. The Morgan fingerprint density at radius 3 is 2.58 bits per heavy atom. The largest absolute Gasteiger partial charge is 0.465 e.